The summed E-state index contributed by atoms with van der Waals surface area (Å²) in [6, 6.07) is 19.2. The Morgan fingerprint density at radius 3 is 2.56 bits per heavy atom. The molecule has 1 heteroatoms. The summed E-state index contributed by atoms with van der Waals surface area (Å²) < 4.78 is 0. The third-order valence-electron chi connectivity index (χ3n) is 4.30. The van der Waals surface area contributed by atoms with Gasteiger partial charge in [-0.3, -0.25) is 4.90 Å². The van der Waals surface area contributed by atoms with E-state index in [4.69, 9.17) is 0 Å². The summed E-state index contributed by atoms with van der Waals surface area (Å²) in [5.41, 5.74) is 5.65. The standard InChI is InChI=1S/C17H17N/c1-12-7-8-15(13-5-3-2-4-6-13)16(9-12)17-10-14-11-18(14)17/h2-9,14,17H,10-11H2,1H3. The molecule has 2 heterocycles. The van der Waals surface area contributed by atoms with Crippen molar-refractivity contribution in [2.75, 3.05) is 6.54 Å². The van der Waals surface area contributed by atoms with Crippen molar-refractivity contribution < 1.29 is 0 Å². The molecule has 0 spiro atoms. The predicted octanol–water partition coefficient (Wildman–Crippen LogP) is 3.79. The van der Waals surface area contributed by atoms with E-state index in [9.17, 15) is 0 Å². The largest absolute Gasteiger partial charge is 0.290 e. The van der Waals surface area contributed by atoms with Gasteiger partial charge in [0.15, 0.2) is 0 Å². The molecule has 3 atom stereocenters. The van der Waals surface area contributed by atoms with Crippen LogP contribution in [0.1, 0.15) is 23.6 Å². The smallest absolute Gasteiger partial charge is 0.0373 e. The maximum atomic E-state index is 2.60. The fraction of sp³-hybridized carbons (Fsp3) is 0.294. The number of nitrogens with zero attached hydrogens (tertiary/aromatic N) is 1. The Hall–Kier alpha value is -1.60. The van der Waals surface area contributed by atoms with Gasteiger partial charge in [-0.1, -0.05) is 54.1 Å². The first-order chi connectivity index (χ1) is 8.83. The van der Waals surface area contributed by atoms with Crippen LogP contribution >= 0.6 is 0 Å². The molecule has 3 unspecified atom stereocenters. The van der Waals surface area contributed by atoms with Crippen molar-refractivity contribution in [3.05, 3.63) is 59.7 Å². The molecule has 0 amide bonds. The summed E-state index contributed by atoms with van der Waals surface area (Å²) in [6.07, 6.45) is 1.35. The second-order valence-electron chi connectivity index (χ2n) is 5.56. The van der Waals surface area contributed by atoms with Crippen LogP contribution in [0.3, 0.4) is 0 Å². The van der Waals surface area contributed by atoms with Crippen LogP contribution < -0.4 is 0 Å². The monoisotopic (exact) mass is 235 g/mol. The maximum absolute atomic E-state index is 2.60. The zero-order chi connectivity index (χ0) is 12.1. The Balaban J connectivity index is 1.82. The van der Waals surface area contributed by atoms with Gasteiger partial charge in [-0.25, -0.2) is 0 Å². The molecule has 0 N–H and O–H groups in total. The van der Waals surface area contributed by atoms with Crippen LogP contribution in [-0.2, 0) is 0 Å². The zero-order valence-corrected chi connectivity index (χ0v) is 10.6. The molecule has 2 aliphatic rings. The lowest BCUT2D eigenvalue weighted by Crippen LogP contribution is -2.24. The Bertz CT molecular complexity index is 588. The van der Waals surface area contributed by atoms with Crippen LogP contribution in [0.4, 0.5) is 0 Å². The fourth-order valence-electron chi connectivity index (χ4n) is 3.19. The van der Waals surface area contributed by atoms with Gasteiger partial charge in [-0.05, 0) is 30.0 Å². The summed E-state index contributed by atoms with van der Waals surface area (Å²) in [6.45, 7) is 3.50. The molecule has 2 saturated heterocycles. The highest BCUT2D eigenvalue weighted by Crippen LogP contribution is 2.50. The van der Waals surface area contributed by atoms with Crippen LogP contribution in [0.2, 0.25) is 0 Å². The summed E-state index contributed by atoms with van der Waals surface area (Å²) in [5, 5.41) is 0. The van der Waals surface area contributed by atoms with Gasteiger partial charge in [0.25, 0.3) is 0 Å². The van der Waals surface area contributed by atoms with Crippen LogP contribution in [0, 0.1) is 6.92 Å². The highest BCUT2D eigenvalue weighted by molar-refractivity contribution is 5.69. The quantitative estimate of drug-likeness (QED) is 0.716. The molecular weight excluding hydrogens is 218 g/mol. The third-order valence-corrected chi connectivity index (χ3v) is 4.30. The lowest BCUT2D eigenvalue weighted by atomic mass is 9.89. The average molecular weight is 235 g/mol. The molecular formula is C17H17N. The summed E-state index contributed by atoms with van der Waals surface area (Å²) in [5.74, 6) is 0. The summed E-state index contributed by atoms with van der Waals surface area (Å²) in [7, 11) is 0. The molecule has 0 radical (unpaired) electrons. The van der Waals surface area contributed by atoms with Gasteiger partial charge in [0.2, 0.25) is 0 Å². The van der Waals surface area contributed by atoms with Crippen LogP contribution in [-0.4, -0.2) is 17.5 Å². The van der Waals surface area contributed by atoms with E-state index in [2.05, 4.69) is 60.4 Å². The van der Waals surface area contributed by atoms with E-state index in [-0.39, 0.29) is 0 Å². The van der Waals surface area contributed by atoms with Gasteiger partial charge in [-0.2, -0.15) is 0 Å². The number of hydrogen-bond acceptors (Lipinski definition) is 1. The van der Waals surface area contributed by atoms with Gasteiger partial charge in [0.05, 0.1) is 0 Å². The van der Waals surface area contributed by atoms with Gasteiger partial charge in [0, 0.05) is 18.6 Å². The molecule has 0 saturated carbocycles. The number of fused-ring (bicyclic) bond motifs is 1. The molecule has 90 valence electrons. The van der Waals surface area contributed by atoms with Gasteiger partial charge < -0.3 is 0 Å². The second-order valence-corrected chi connectivity index (χ2v) is 5.56. The van der Waals surface area contributed by atoms with Gasteiger partial charge >= 0.3 is 0 Å². The summed E-state index contributed by atoms with van der Waals surface area (Å²) >= 11 is 0. The number of aryl methyl sites for hydroxylation is 1. The van der Waals surface area contributed by atoms with Crippen molar-refractivity contribution >= 4 is 0 Å². The molecule has 2 aliphatic heterocycles. The number of benzene rings is 2. The van der Waals surface area contributed by atoms with Crippen LogP contribution in [0.5, 0.6) is 0 Å². The lowest BCUT2D eigenvalue weighted by molar-refractivity contribution is 0.256. The molecule has 2 aromatic rings. The summed E-state index contributed by atoms with van der Waals surface area (Å²) in [4.78, 5) is 2.60. The van der Waals surface area contributed by atoms with Crippen molar-refractivity contribution in [1.82, 2.24) is 4.90 Å². The molecule has 18 heavy (non-hydrogen) atoms. The fourth-order valence-corrected chi connectivity index (χ4v) is 3.19. The van der Waals surface area contributed by atoms with E-state index in [1.807, 2.05) is 0 Å². The first-order valence-corrected chi connectivity index (χ1v) is 6.74. The van der Waals surface area contributed by atoms with Crippen molar-refractivity contribution in [2.45, 2.75) is 25.4 Å². The van der Waals surface area contributed by atoms with E-state index in [1.54, 1.807) is 0 Å². The van der Waals surface area contributed by atoms with Gasteiger partial charge in [-0.15, -0.1) is 0 Å². The molecule has 1 nitrogen and oxygen atoms in total. The topological polar surface area (TPSA) is 3.01 Å². The maximum Gasteiger partial charge on any atom is 0.0373 e. The SMILES string of the molecule is Cc1ccc(-c2ccccc2)c(C2CC3CN32)c1. The molecule has 0 aliphatic carbocycles. The van der Waals surface area contributed by atoms with Crippen molar-refractivity contribution in [3.8, 4) is 11.1 Å². The highest BCUT2D eigenvalue weighted by Gasteiger charge is 2.51. The average Bonchev–Trinajstić information content (AvgIpc) is 3.01. The predicted molar refractivity (Wildman–Crippen MR) is 74.5 cm³/mol. The minimum absolute atomic E-state index is 0.671. The lowest BCUT2D eigenvalue weighted by Gasteiger charge is -2.30. The number of hydrogen-bond donors (Lipinski definition) is 0. The first-order valence-electron chi connectivity index (χ1n) is 6.74. The highest BCUT2D eigenvalue weighted by atomic mass is 15.4. The van der Waals surface area contributed by atoms with Crippen molar-refractivity contribution in [3.63, 3.8) is 0 Å². The normalized spacial score (nSPS) is 28.4. The van der Waals surface area contributed by atoms with E-state index in [1.165, 1.54) is 35.2 Å². The molecule has 0 bridgehead atoms. The minimum Gasteiger partial charge on any atom is -0.290 e. The third kappa shape index (κ3) is 1.51. The van der Waals surface area contributed by atoms with Crippen LogP contribution in [0.25, 0.3) is 11.1 Å². The Morgan fingerprint density at radius 2 is 1.89 bits per heavy atom. The Kier molecular flexibility index (Phi) is 2.12. The van der Waals surface area contributed by atoms with E-state index in [0.717, 1.165) is 6.04 Å². The van der Waals surface area contributed by atoms with Crippen LogP contribution in [0.15, 0.2) is 48.5 Å². The van der Waals surface area contributed by atoms with Crippen molar-refractivity contribution in [2.24, 2.45) is 0 Å². The molecule has 2 aromatic carbocycles. The Labute approximate surface area is 108 Å². The zero-order valence-electron chi connectivity index (χ0n) is 10.6. The molecule has 2 fully saturated rings. The van der Waals surface area contributed by atoms with Crippen molar-refractivity contribution in [1.29, 1.82) is 0 Å². The second kappa shape index (κ2) is 3.69. The van der Waals surface area contributed by atoms with E-state index >= 15 is 0 Å². The minimum atomic E-state index is 0.671. The molecule has 4 rings (SSSR count). The Morgan fingerprint density at radius 1 is 1.06 bits per heavy atom. The van der Waals surface area contributed by atoms with Gasteiger partial charge in [0.1, 0.15) is 0 Å². The van der Waals surface area contributed by atoms with E-state index < -0.39 is 0 Å². The van der Waals surface area contributed by atoms with E-state index in [0.29, 0.717) is 6.04 Å². The molecule has 0 aromatic heterocycles. The first kappa shape index (κ1) is 10.3. The number of rotatable bonds is 2.